The van der Waals surface area contributed by atoms with Gasteiger partial charge < -0.3 is 19.7 Å². The van der Waals surface area contributed by atoms with Gasteiger partial charge in [0.2, 0.25) is 0 Å². The number of nitrogens with one attached hydrogen (secondary N) is 1. The van der Waals surface area contributed by atoms with Gasteiger partial charge in [-0.25, -0.2) is 4.98 Å². The molecule has 1 N–H and O–H groups in total. The van der Waals surface area contributed by atoms with Crippen LogP contribution in [0.1, 0.15) is 24.8 Å². The molecule has 0 atom stereocenters. The average Bonchev–Trinajstić information content (AvgIpc) is 2.93. The number of pyridine rings is 1. The van der Waals surface area contributed by atoms with Crippen LogP contribution in [0.3, 0.4) is 0 Å². The van der Waals surface area contributed by atoms with Crippen molar-refractivity contribution in [2.45, 2.75) is 31.8 Å². The van der Waals surface area contributed by atoms with E-state index in [1.165, 1.54) is 5.56 Å². The highest BCUT2D eigenvalue weighted by Gasteiger charge is 2.21. The summed E-state index contributed by atoms with van der Waals surface area (Å²) in [4.78, 5) is 6.82. The molecule has 0 bridgehead atoms. The van der Waals surface area contributed by atoms with Gasteiger partial charge in [0.1, 0.15) is 5.82 Å². The molecule has 25 heavy (non-hydrogen) atoms. The van der Waals surface area contributed by atoms with E-state index in [1.54, 1.807) is 0 Å². The van der Waals surface area contributed by atoms with E-state index in [-0.39, 0.29) is 0 Å². The van der Waals surface area contributed by atoms with Crippen LogP contribution in [0.2, 0.25) is 0 Å². The maximum Gasteiger partial charge on any atom is 0.165 e. The Balaban J connectivity index is 1.33. The van der Waals surface area contributed by atoms with Gasteiger partial charge in [-0.1, -0.05) is 18.2 Å². The first kappa shape index (κ1) is 16.2. The van der Waals surface area contributed by atoms with Gasteiger partial charge in [-0.3, -0.25) is 0 Å². The fraction of sp³-hybridized carbons (Fsp3) is 0.450. The highest BCUT2D eigenvalue weighted by atomic mass is 16.5. The summed E-state index contributed by atoms with van der Waals surface area (Å²) >= 11 is 0. The molecule has 1 saturated heterocycles. The Bertz CT molecular complexity index is 685. The molecule has 2 aliphatic rings. The zero-order chi connectivity index (χ0) is 16.9. The average molecular weight is 339 g/mol. The molecule has 0 saturated carbocycles. The molecule has 2 aromatic rings. The number of nitrogens with zero attached hydrogens (tertiary/aromatic N) is 2. The van der Waals surface area contributed by atoms with Gasteiger partial charge in [0.05, 0.1) is 13.2 Å². The van der Waals surface area contributed by atoms with Crippen molar-refractivity contribution in [2.24, 2.45) is 0 Å². The second kappa shape index (κ2) is 7.74. The number of hydrogen-bond donors (Lipinski definition) is 1. The fourth-order valence-electron chi connectivity index (χ4n) is 3.50. The molecule has 2 aliphatic heterocycles. The predicted octanol–water partition coefficient (Wildman–Crippen LogP) is 3.00. The Hall–Kier alpha value is -2.27. The van der Waals surface area contributed by atoms with Crippen LogP contribution in [0.4, 0.5) is 5.82 Å². The summed E-state index contributed by atoms with van der Waals surface area (Å²) in [6, 6.07) is 12.8. The van der Waals surface area contributed by atoms with Crippen LogP contribution in [0.25, 0.3) is 0 Å². The molecule has 132 valence electrons. The lowest BCUT2D eigenvalue weighted by Gasteiger charge is -2.33. The van der Waals surface area contributed by atoms with E-state index in [2.05, 4.69) is 33.4 Å². The molecule has 0 unspecified atom stereocenters. The molecule has 0 radical (unpaired) electrons. The molecule has 1 aromatic carbocycles. The van der Waals surface area contributed by atoms with Crippen molar-refractivity contribution in [3.63, 3.8) is 0 Å². The van der Waals surface area contributed by atoms with Crippen molar-refractivity contribution in [3.05, 3.63) is 48.2 Å². The second-order valence-electron chi connectivity index (χ2n) is 6.63. The number of fused-ring (bicyclic) bond motifs is 1. The molecule has 3 heterocycles. The number of ether oxygens (including phenoxy) is 2. The minimum absolute atomic E-state index is 0.530. The molecule has 4 rings (SSSR count). The number of anilines is 1. The lowest BCUT2D eigenvalue weighted by molar-refractivity contribution is 0.295. The highest BCUT2D eigenvalue weighted by molar-refractivity contribution is 5.47. The fourth-order valence-corrected chi connectivity index (χ4v) is 3.50. The Morgan fingerprint density at radius 3 is 2.76 bits per heavy atom. The number of hydrogen-bond acceptors (Lipinski definition) is 5. The number of aromatic nitrogens is 1. The van der Waals surface area contributed by atoms with Crippen molar-refractivity contribution in [1.29, 1.82) is 0 Å². The third kappa shape index (κ3) is 3.87. The minimum atomic E-state index is 0.530. The van der Waals surface area contributed by atoms with Crippen molar-refractivity contribution < 1.29 is 9.47 Å². The smallest absolute Gasteiger partial charge is 0.165 e. The molecule has 0 amide bonds. The van der Waals surface area contributed by atoms with Crippen LogP contribution in [0.5, 0.6) is 11.5 Å². The lowest BCUT2D eigenvalue weighted by Crippen LogP contribution is -2.42. The Morgan fingerprint density at radius 1 is 1.04 bits per heavy atom. The predicted molar refractivity (Wildman–Crippen MR) is 98.4 cm³/mol. The largest absolute Gasteiger partial charge is 0.490 e. The van der Waals surface area contributed by atoms with Crippen LogP contribution in [-0.2, 0) is 6.54 Å². The molecule has 5 heteroatoms. The van der Waals surface area contributed by atoms with E-state index < -0.39 is 0 Å². The molecule has 1 fully saturated rings. The van der Waals surface area contributed by atoms with Gasteiger partial charge >= 0.3 is 0 Å². The molecular formula is C20H25N3O2. The summed E-state index contributed by atoms with van der Waals surface area (Å²) in [6.45, 7) is 4.37. The van der Waals surface area contributed by atoms with Gasteiger partial charge in [0.15, 0.2) is 11.5 Å². The third-order valence-electron chi connectivity index (χ3n) is 4.90. The summed E-state index contributed by atoms with van der Waals surface area (Å²) in [6.07, 6.45) is 5.06. The van der Waals surface area contributed by atoms with E-state index >= 15 is 0 Å². The minimum Gasteiger partial charge on any atom is -0.490 e. The van der Waals surface area contributed by atoms with Crippen LogP contribution in [-0.4, -0.2) is 37.3 Å². The first-order valence-electron chi connectivity index (χ1n) is 9.17. The first-order chi connectivity index (χ1) is 12.4. The topological polar surface area (TPSA) is 46.6 Å². The summed E-state index contributed by atoms with van der Waals surface area (Å²) in [5.41, 5.74) is 1.19. The van der Waals surface area contributed by atoms with Crippen LogP contribution in [0.15, 0.2) is 42.6 Å². The standard InChI is InChI=1S/C20H25N3O2/c1-2-10-21-19(7-1)23-11-8-17(9-12-23)22-15-16-5-3-6-18-20(16)25-14-4-13-24-18/h1-3,5-7,10,17,22H,4,8-9,11-15H2. The van der Waals surface area contributed by atoms with Gasteiger partial charge in [-0.05, 0) is 31.0 Å². The summed E-state index contributed by atoms with van der Waals surface area (Å²) in [5, 5.41) is 3.70. The number of rotatable bonds is 4. The van der Waals surface area contributed by atoms with Crippen molar-refractivity contribution in [3.8, 4) is 11.5 Å². The second-order valence-corrected chi connectivity index (χ2v) is 6.63. The van der Waals surface area contributed by atoms with E-state index in [1.807, 2.05) is 24.4 Å². The van der Waals surface area contributed by atoms with E-state index in [0.29, 0.717) is 6.04 Å². The highest BCUT2D eigenvalue weighted by Crippen LogP contribution is 2.33. The van der Waals surface area contributed by atoms with Gasteiger partial charge in [-0.15, -0.1) is 0 Å². The van der Waals surface area contributed by atoms with Crippen LogP contribution < -0.4 is 19.7 Å². The van der Waals surface area contributed by atoms with Crippen molar-refractivity contribution in [2.75, 3.05) is 31.2 Å². The zero-order valence-corrected chi connectivity index (χ0v) is 14.5. The Morgan fingerprint density at radius 2 is 1.92 bits per heavy atom. The van der Waals surface area contributed by atoms with Crippen LogP contribution >= 0.6 is 0 Å². The first-order valence-corrected chi connectivity index (χ1v) is 9.17. The van der Waals surface area contributed by atoms with Gasteiger partial charge in [0.25, 0.3) is 0 Å². The molecular weight excluding hydrogens is 314 g/mol. The SMILES string of the molecule is c1ccc(N2CCC(NCc3cccc4c3OCCCO4)CC2)nc1. The quantitative estimate of drug-likeness (QED) is 0.928. The maximum absolute atomic E-state index is 5.91. The Labute approximate surface area is 149 Å². The van der Waals surface area contributed by atoms with Crippen molar-refractivity contribution in [1.82, 2.24) is 10.3 Å². The summed E-state index contributed by atoms with van der Waals surface area (Å²) < 4.78 is 11.7. The van der Waals surface area contributed by atoms with Crippen molar-refractivity contribution >= 4 is 5.82 Å². The van der Waals surface area contributed by atoms with Crippen LogP contribution in [0, 0.1) is 0 Å². The summed E-state index contributed by atoms with van der Waals surface area (Å²) in [5.74, 6) is 2.88. The monoisotopic (exact) mass is 339 g/mol. The number of piperidine rings is 1. The van der Waals surface area contributed by atoms with E-state index in [0.717, 1.165) is 69.4 Å². The Kier molecular flexibility index (Phi) is 5.02. The van der Waals surface area contributed by atoms with Gasteiger partial charge in [-0.2, -0.15) is 0 Å². The normalized spacial score (nSPS) is 18.0. The lowest BCUT2D eigenvalue weighted by atomic mass is 10.0. The molecule has 0 aliphatic carbocycles. The molecule has 1 aromatic heterocycles. The number of para-hydroxylation sites is 1. The van der Waals surface area contributed by atoms with E-state index in [9.17, 15) is 0 Å². The van der Waals surface area contributed by atoms with E-state index in [4.69, 9.17) is 9.47 Å². The zero-order valence-electron chi connectivity index (χ0n) is 14.5. The molecule has 5 nitrogen and oxygen atoms in total. The maximum atomic E-state index is 5.91. The molecule has 0 spiro atoms. The summed E-state index contributed by atoms with van der Waals surface area (Å²) in [7, 11) is 0. The third-order valence-corrected chi connectivity index (χ3v) is 4.90. The van der Waals surface area contributed by atoms with Gasteiger partial charge in [0, 0.05) is 43.9 Å². The number of benzene rings is 1.